The van der Waals surface area contributed by atoms with Crippen LogP contribution >= 0.6 is 11.6 Å². The fourth-order valence-electron chi connectivity index (χ4n) is 3.65. The number of hydrogen-bond acceptors (Lipinski definition) is 4. The molecule has 0 unspecified atom stereocenters. The first-order valence-electron chi connectivity index (χ1n) is 10.6. The molecular weight excluding hydrogens is 439 g/mol. The van der Waals surface area contributed by atoms with E-state index in [4.69, 9.17) is 21.3 Å². The zero-order valence-corrected chi connectivity index (χ0v) is 19.6. The molecule has 0 amide bonds. The lowest BCUT2D eigenvalue weighted by molar-refractivity contribution is 0.415. The average Bonchev–Trinajstić information content (AvgIpc) is 3.21. The van der Waals surface area contributed by atoms with E-state index in [1.165, 1.54) is 12.1 Å². The normalized spacial score (nSPS) is 10.8. The van der Waals surface area contributed by atoms with Gasteiger partial charge in [0.2, 0.25) is 0 Å². The van der Waals surface area contributed by atoms with Crippen LogP contribution in [0.4, 0.5) is 15.8 Å². The molecule has 1 heterocycles. The molecule has 0 N–H and O–H groups in total. The van der Waals surface area contributed by atoms with Gasteiger partial charge in [-0.1, -0.05) is 11.6 Å². The fourth-order valence-corrected chi connectivity index (χ4v) is 3.78. The number of rotatable bonds is 8. The predicted octanol–water partition coefficient (Wildman–Crippen LogP) is 5.95. The summed E-state index contributed by atoms with van der Waals surface area (Å²) in [6.07, 6.45) is 2.05. The Bertz CT molecular complexity index is 1190. The summed E-state index contributed by atoms with van der Waals surface area (Å²) < 4.78 is 20.7. The monoisotopic (exact) mass is 464 g/mol. The van der Waals surface area contributed by atoms with Crippen molar-refractivity contribution in [3.05, 3.63) is 101 Å². The first-order valence-corrected chi connectivity index (χ1v) is 11.0. The molecule has 33 heavy (non-hydrogen) atoms. The molecule has 0 aliphatic heterocycles. The van der Waals surface area contributed by atoms with Crippen molar-refractivity contribution in [1.82, 2.24) is 9.55 Å². The van der Waals surface area contributed by atoms with Crippen LogP contribution in [-0.2, 0) is 13.1 Å². The molecule has 4 aromatic rings. The maximum Gasteiger partial charge on any atom is 0.133 e. The lowest BCUT2D eigenvalue weighted by Gasteiger charge is -2.19. The van der Waals surface area contributed by atoms with E-state index in [9.17, 15) is 4.39 Å². The third-order valence-corrected chi connectivity index (χ3v) is 5.74. The highest BCUT2D eigenvalue weighted by Gasteiger charge is 2.14. The molecular formula is C26H26ClFN4O. The summed E-state index contributed by atoms with van der Waals surface area (Å²) >= 11 is 6.10. The van der Waals surface area contributed by atoms with Crippen molar-refractivity contribution >= 4 is 23.0 Å². The van der Waals surface area contributed by atoms with Crippen molar-refractivity contribution in [2.75, 3.05) is 31.0 Å². The fraction of sp³-hybridized carbons (Fsp3) is 0.192. The van der Waals surface area contributed by atoms with E-state index in [1.54, 1.807) is 19.2 Å². The summed E-state index contributed by atoms with van der Waals surface area (Å²) in [7, 11) is 5.66. The molecule has 0 aliphatic rings. The zero-order chi connectivity index (χ0) is 23.4. The summed E-state index contributed by atoms with van der Waals surface area (Å²) in [5.74, 6) is 1.45. The Labute approximate surface area is 198 Å². The van der Waals surface area contributed by atoms with E-state index in [2.05, 4.69) is 15.7 Å². The van der Waals surface area contributed by atoms with Gasteiger partial charge in [0.1, 0.15) is 17.4 Å². The minimum Gasteiger partial charge on any atom is -0.497 e. The summed E-state index contributed by atoms with van der Waals surface area (Å²) in [6, 6.07) is 22.1. The van der Waals surface area contributed by atoms with Crippen LogP contribution in [0.5, 0.6) is 5.75 Å². The number of methoxy groups -OCH3 is 1. The van der Waals surface area contributed by atoms with Gasteiger partial charge in [0.25, 0.3) is 0 Å². The van der Waals surface area contributed by atoms with Gasteiger partial charge in [-0.2, -0.15) is 0 Å². The lowest BCUT2D eigenvalue weighted by atomic mass is 10.2. The second kappa shape index (κ2) is 9.96. The molecule has 0 fully saturated rings. The molecule has 5 nitrogen and oxygen atoms in total. The minimum absolute atomic E-state index is 0.251. The second-order valence-electron chi connectivity index (χ2n) is 7.88. The molecule has 0 radical (unpaired) electrons. The van der Waals surface area contributed by atoms with Gasteiger partial charge in [-0.15, -0.1) is 0 Å². The molecule has 4 rings (SSSR count). The topological polar surface area (TPSA) is 33.5 Å². The van der Waals surface area contributed by atoms with Gasteiger partial charge in [0.15, 0.2) is 0 Å². The van der Waals surface area contributed by atoms with Crippen LogP contribution in [0.15, 0.2) is 79.0 Å². The first kappa shape index (κ1) is 22.7. The molecule has 7 heteroatoms. The zero-order valence-electron chi connectivity index (χ0n) is 18.9. The van der Waals surface area contributed by atoms with Crippen LogP contribution in [-0.4, -0.2) is 30.8 Å². The number of aromatic nitrogens is 2. The molecule has 0 bridgehead atoms. The Balaban J connectivity index is 1.61. The van der Waals surface area contributed by atoms with Crippen LogP contribution in [0, 0.1) is 5.82 Å². The number of nitrogens with zero attached hydrogens (tertiary/aromatic N) is 4. The van der Waals surface area contributed by atoms with Crippen LogP contribution in [0.2, 0.25) is 5.02 Å². The molecule has 0 saturated carbocycles. The summed E-state index contributed by atoms with van der Waals surface area (Å²) in [4.78, 5) is 9.13. The smallest absolute Gasteiger partial charge is 0.133 e. The van der Waals surface area contributed by atoms with E-state index in [0.29, 0.717) is 18.1 Å². The molecule has 0 atom stereocenters. The second-order valence-corrected chi connectivity index (χ2v) is 8.32. The van der Waals surface area contributed by atoms with Crippen molar-refractivity contribution in [1.29, 1.82) is 0 Å². The van der Waals surface area contributed by atoms with Crippen molar-refractivity contribution in [2.45, 2.75) is 13.1 Å². The van der Waals surface area contributed by atoms with E-state index >= 15 is 0 Å². The highest BCUT2D eigenvalue weighted by Crippen LogP contribution is 2.23. The highest BCUT2D eigenvalue weighted by molar-refractivity contribution is 6.30. The largest absolute Gasteiger partial charge is 0.497 e. The van der Waals surface area contributed by atoms with Crippen molar-refractivity contribution in [3.63, 3.8) is 0 Å². The first-order chi connectivity index (χ1) is 15.9. The molecule has 170 valence electrons. The Hall–Kier alpha value is -3.51. The van der Waals surface area contributed by atoms with Gasteiger partial charge in [-0.25, -0.2) is 9.37 Å². The van der Waals surface area contributed by atoms with Crippen LogP contribution in [0.3, 0.4) is 0 Å². The Morgan fingerprint density at radius 1 is 0.848 bits per heavy atom. The van der Waals surface area contributed by atoms with Crippen molar-refractivity contribution in [2.24, 2.45) is 0 Å². The Morgan fingerprint density at radius 2 is 1.42 bits per heavy atom. The average molecular weight is 465 g/mol. The minimum atomic E-state index is -0.251. The van der Waals surface area contributed by atoms with E-state index in [0.717, 1.165) is 34.3 Å². The lowest BCUT2D eigenvalue weighted by Crippen LogP contribution is -2.19. The summed E-state index contributed by atoms with van der Waals surface area (Å²) in [5, 5.41) is 0.684. The number of halogens is 2. The Morgan fingerprint density at radius 3 is 2.03 bits per heavy atom. The number of anilines is 2. The number of ether oxygens (including phenoxy) is 1. The molecule has 0 saturated heterocycles. The maximum atomic E-state index is 13.3. The molecule has 0 spiro atoms. The van der Waals surface area contributed by atoms with E-state index < -0.39 is 0 Å². The third-order valence-electron chi connectivity index (χ3n) is 5.49. The number of benzene rings is 3. The highest BCUT2D eigenvalue weighted by atomic mass is 35.5. The van der Waals surface area contributed by atoms with Gasteiger partial charge in [-0.3, -0.25) is 0 Å². The Kier molecular flexibility index (Phi) is 6.84. The molecule has 1 aromatic heterocycles. The van der Waals surface area contributed by atoms with Crippen molar-refractivity contribution < 1.29 is 9.13 Å². The molecule has 3 aromatic carbocycles. The summed E-state index contributed by atoms with van der Waals surface area (Å²) in [5.41, 5.74) is 3.90. The summed E-state index contributed by atoms with van der Waals surface area (Å²) in [6.45, 7) is 1.20. The van der Waals surface area contributed by atoms with Crippen LogP contribution in [0.1, 0.15) is 11.5 Å². The van der Waals surface area contributed by atoms with Gasteiger partial charge in [0.05, 0.1) is 25.9 Å². The SMILES string of the molecule is COc1ccc(N(C)Cc2cn(-c3ccc(Cl)cc3)c(CN(C)c3ccc(F)cc3)n2)cc1. The van der Waals surface area contributed by atoms with E-state index in [1.807, 2.05) is 67.5 Å². The van der Waals surface area contributed by atoms with Crippen LogP contribution in [0.25, 0.3) is 5.69 Å². The van der Waals surface area contributed by atoms with Crippen molar-refractivity contribution in [3.8, 4) is 11.4 Å². The van der Waals surface area contributed by atoms with Gasteiger partial charge in [-0.05, 0) is 72.8 Å². The van der Waals surface area contributed by atoms with Gasteiger partial charge < -0.3 is 19.1 Å². The van der Waals surface area contributed by atoms with Gasteiger partial charge in [0, 0.05) is 42.4 Å². The molecule has 0 aliphatic carbocycles. The maximum absolute atomic E-state index is 13.3. The quantitative estimate of drug-likeness (QED) is 0.323. The standard InChI is InChI=1S/C26H26ClFN4O/c1-30(23-12-14-25(33-3)15-13-23)16-21-17-32(24-8-4-19(27)5-9-24)26(29-21)18-31(2)22-10-6-20(28)7-11-22/h4-15,17H,16,18H2,1-3H3. The predicted molar refractivity (Wildman–Crippen MR) is 132 cm³/mol. The van der Waals surface area contributed by atoms with Crippen LogP contribution < -0.4 is 14.5 Å². The number of imidazole rings is 1. The van der Waals surface area contributed by atoms with E-state index in [-0.39, 0.29) is 5.82 Å². The third kappa shape index (κ3) is 5.46. The number of hydrogen-bond donors (Lipinski definition) is 0. The van der Waals surface area contributed by atoms with Gasteiger partial charge >= 0.3 is 0 Å².